The lowest BCUT2D eigenvalue weighted by Gasteiger charge is -2.06. The van der Waals surface area contributed by atoms with E-state index in [1.807, 2.05) is 0 Å². The Bertz CT molecular complexity index is 662. The van der Waals surface area contributed by atoms with Gasteiger partial charge in [0.2, 0.25) is 0 Å². The fourth-order valence-electron chi connectivity index (χ4n) is 1.62. The molecular weight excluding hydrogens is 235 g/mol. The molecule has 2 rings (SSSR count). The van der Waals surface area contributed by atoms with Crippen molar-refractivity contribution < 1.29 is 13.9 Å². The van der Waals surface area contributed by atoms with Crippen LogP contribution in [0.25, 0.3) is 10.9 Å². The first kappa shape index (κ1) is 12.0. The Labute approximate surface area is 103 Å². The fourth-order valence-corrected chi connectivity index (χ4v) is 1.62. The van der Waals surface area contributed by atoms with Crippen LogP contribution in [0.15, 0.2) is 24.3 Å². The molecule has 0 aliphatic carbocycles. The van der Waals surface area contributed by atoms with Crippen LogP contribution in [-0.4, -0.2) is 17.6 Å². The van der Waals surface area contributed by atoms with Crippen molar-refractivity contribution in [2.24, 2.45) is 0 Å². The lowest BCUT2D eigenvalue weighted by Crippen LogP contribution is -2.08. The van der Waals surface area contributed by atoms with E-state index < -0.39 is 5.97 Å². The lowest BCUT2D eigenvalue weighted by atomic mass is 10.1. The second-order valence-corrected chi connectivity index (χ2v) is 3.69. The van der Waals surface area contributed by atoms with E-state index in [0.29, 0.717) is 16.6 Å². The molecule has 0 bridgehead atoms. The zero-order valence-corrected chi connectivity index (χ0v) is 9.61. The number of nitrogens with zero attached hydrogens (tertiary/aromatic N) is 2. The van der Waals surface area contributed by atoms with Crippen LogP contribution in [0.4, 0.5) is 4.39 Å². The van der Waals surface area contributed by atoms with Crippen LogP contribution in [0.2, 0.25) is 0 Å². The van der Waals surface area contributed by atoms with E-state index in [1.54, 1.807) is 19.1 Å². The highest BCUT2D eigenvalue weighted by Gasteiger charge is 2.13. The maximum Gasteiger partial charge on any atom is 0.341 e. The Morgan fingerprint density at radius 2 is 2.28 bits per heavy atom. The zero-order valence-electron chi connectivity index (χ0n) is 9.61. The average Bonchev–Trinajstić information content (AvgIpc) is 2.35. The van der Waals surface area contributed by atoms with Crippen LogP contribution in [0.1, 0.15) is 16.1 Å². The molecule has 0 radical (unpaired) electrons. The number of nitriles is 1. The normalized spacial score (nSPS) is 10.1. The van der Waals surface area contributed by atoms with Gasteiger partial charge in [-0.05, 0) is 25.1 Å². The fraction of sp³-hybridized carbons (Fsp3) is 0.154. The van der Waals surface area contributed by atoms with Crippen LogP contribution in [0.5, 0.6) is 0 Å². The van der Waals surface area contributed by atoms with Gasteiger partial charge in [-0.25, -0.2) is 9.18 Å². The van der Waals surface area contributed by atoms with E-state index in [0.717, 1.165) is 0 Å². The number of aromatic nitrogens is 1. The van der Waals surface area contributed by atoms with Crippen LogP contribution in [0, 0.1) is 24.1 Å². The van der Waals surface area contributed by atoms with Crippen LogP contribution in [-0.2, 0) is 4.74 Å². The summed E-state index contributed by atoms with van der Waals surface area (Å²) in [7, 11) is 0. The number of pyridine rings is 1. The number of rotatable bonds is 2. The molecule has 0 spiro atoms. The highest BCUT2D eigenvalue weighted by atomic mass is 19.1. The third-order valence-electron chi connectivity index (χ3n) is 2.46. The summed E-state index contributed by atoms with van der Waals surface area (Å²) in [4.78, 5) is 15.8. The van der Waals surface area contributed by atoms with Crippen molar-refractivity contribution >= 4 is 16.9 Å². The molecule has 0 unspecified atom stereocenters. The molecular formula is C13H9FN2O2. The number of carbonyl (C=O) groups is 1. The summed E-state index contributed by atoms with van der Waals surface area (Å²) in [5, 5.41) is 8.99. The highest BCUT2D eigenvalue weighted by Crippen LogP contribution is 2.18. The van der Waals surface area contributed by atoms with Gasteiger partial charge in [0.05, 0.1) is 16.8 Å². The van der Waals surface area contributed by atoms with Crippen molar-refractivity contribution in [2.75, 3.05) is 6.61 Å². The smallest absolute Gasteiger partial charge is 0.341 e. The molecule has 0 aliphatic rings. The average molecular weight is 244 g/mol. The zero-order chi connectivity index (χ0) is 13.1. The maximum absolute atomic E-state index is 13.0. The van der Waals surface area contributed by atoms with E-state index in [4.69, 9.17) is 10.00 Å². The molecule has 1 aromatic heterocycles. The minimum atomic E-state index is -0.604. The number of benzene rings is 1. The minimum absolute atomic E-state index is 0.282. The molecule has 90 valence electrons. The molecule has 0 fully saturated rings. The molecule has 0 atom stereocenters. The summed E-state index contributed by atoms with van der Waals surface area (Å²) in [5.74, 6) is -0.984. The standard InChI is InChI=1S/C13H9FN2O2/c1-8-11(13(17)18-5-4-15)6-9-2-3-10(14)7-12(9)16-8/h2-3,6-7H,5H2,1H3. The molecule has 2 aromatic rings. The van der Waals surface area contributed by atoms with Crippen LogP contribution >= 0.6 is 0 Å². The summed E-state index contributed by atoms with van der Waals surface area (Å²) >= 11 is 0. The number of fused-ring (bicyclic) bond motifs is 1. The predicted molar refractivity (Wildman–Crippen MR) is 62.3 cm³/mol. The van der Waals surface area contributed by atoms with Gasteiger partial charge in [0.15, 0.2) is 6.61 Å². The molecule has 1 heterocycles. The van der Waals surface area contributed by atoms with Crippen molar-refractivity contribution in [3.05, 3.63) is 41.3 Å². The van der Waals surface area contributed by atoms with Gasteiger partial charge in [0.25, 0.3) is 0 Å². The first-order chi connectivity index (χ1) is 8.61. The number of ether oxygens (including phenoxy) is 1. The third kappa shape index (κ3) is 2.28. The van der Waals surface area contributed by atoms with E-state index in [1.165, 1.54) is 18.2 Å². The summed E-state index contributed by atoms with van der Waals surface area (Å²) in [6.45, 7) is 1.33. The molecule has 0 saturated heterocycles. The maximum atomic E-state index is 13.0. The Morgan fingerprint density at radius 1 is 1.50 bits per heavy atom. The highest BCUT2D eigenvalue weighted by molar-refractivity contribution is 5.95. The lowest BCUT2D eigenvalue weighted by molar-refractivity contribution is 0.0554. The van der Waals surface area contributed by atoms with Gasteiger partial charge in [0, 0.05) is 11.5 Å². The SMILES string of the molecule is Cc1nc2cc(F)ccc2cc1C(=O)OCC#N. The van der Waals surface area contributed by atoms with Gasteiger partial charge in [-0.3, -0.25) is 4.98 Å². The summed E-state index contributed by atoms with van der Waals surface area (Å²) in [6, 6.07) is 7.43. The first-order valence-corrected chi connectivity index (χ1v) is 5.23. The van der Waals surface area contributed by atoms with Gasteiger partial charge in [0.1, 0.15) is 11.9 Å². The topological polar surface area (TPSA) is 63.0 Å². The van der Waals surface area contributed by atoms with Gasteiger partial charge >= 0.3 is 5.97 Å². The van der Waals surface area contributed by atoms with Crippen molar-refractivity contribution in [2.45, 2.75) is 6.92 Å². The molecule has 4 nitrogen and oxygen atoms in total. The van der Waals surface area contributed by atoms with Crippen molar-refractivity contribution in [1.29, 1.82) is 5.26 Å². The number of halogens is 1. The molecule has 0 amide bonds. The largest absolute Gasteiger partial charge is 0.447 e. The van der Waals surface area contributed by atoms with Crippen molar-refractivity contribution in [3.8, 4) is 6.07 Å². The van der Waals surface area contributed by atoms with Crippen molar-refractivity contribution in [3.63, 3.8) is 0 Å². The van der Waals surface area contributed by atoms with Gasteiger partial charge in [-0.1, -0.05) is 0 Å². The molecule has 1 aromatic carbocycles. The van der Waals surface area contributed by atoms with E-state index in [-0.39, 0.29) is 18.0 Å². The van der Waals surface area contributed by atoms with E-state index in [2.05, 4.69) is 4.98 Å². The molecule has 18 heavy (non-hydrogen) atoms. The van der Waals surface area contributed by atoms with Gasteiger partial charge in [-0.15, -0.1) is 0 Å². The van der Waals surface area contributed by atoms with Crippen LogP contribution in [0.3, 0.4) is 0 Å². The van der Waals surface area contributed by atoms with Gasteiger partial charge < -0.3 is 4.74 Å². The Hall–Kier alpha value is -2.48. The number of hydrogen-bond acceptors (Lipinski definition) is 4. The number of esters is 1. The van der Waals surface area contributed by atoms with Crippen LogP contribution < -0.4 is 0 Å². The monoisotopic (exact) mass is 244 g/mol. The second kappa shape index (κ2) is 4.80. The number of hydrogen-bond donors (Lipinski definition) is 0. The van der Waals surface area contributed by atoms with Gasteiger partial charge in [-0.2, -0.15) is 5.26 Å². The molecule has 0 N–H and O–H groups in total. The quantitative estimate of drug-likeness (QED) is 0.761. The Kier molecular flexibility index (Phi) is 3.20. The Balaban J connectivity index is 2.47. The number of aryl methyl sites for hydroxylation is 1. The summed E-state index contributed by atoms with van der Waals surface area (Å²) in [6.07, 6.45) is 0. The van der Waals surface area contributed by atoms with Crippen molar-refractivity contribution in [1.82, 2.24) is 4.98 Å². The van der Waals surface area contributed by atoms with E-state index >= 15 is 0 Å². The van der Waals surface area contributed by atoms with E-state index in [9.17, 15) is 9.18 Å². The minimum Gasteiger partial charge on any atom is -0.447 e. The molecule has 0 aliphatic heterocycles. The number of carbonyl (C=O) groups excluding carboxylic acids is 1. The molecule has 0 saturated carbocycles. The summed E-state index contributed by atoms with van der Waals surface area (Å²) < 4.78 is 17.7. The molecule has 5 heteroatoms. The Morgan fingerprint density at radius 3 is 3.00 bits per heavy atom. The summed E-state index contributed by atoms with van der Waals surface area (Å²) in [5.41, 5.74) is 1.20. The first-order valence-electron chi connectivity index (χ1n) is 5.23. The second-order valence-electron chi connectivity index (χ2n) is 3.69. The predicted octanol–water partition coefficient (Wildman–Crippen LogP) is 2.36. The third-order valence-corrected chi connectivity index (χ3v) is 2.46.